The molecule has 2 amide bonds. The largest absolute Gasteiger partial charge is 0.490 e. The minimum atomic E-state index is -0.508. The van der Waals surface area contributed by atoms with Gasteiger partial charge in [-0.3, -0.25) is 20.4 Å². The summed E-state index contributed by atoms with van der Waals surface area (Å²) in [5, 5.41) is 5.01. The number of nitrogens with one attached hydrogen (secondary N) is 2. The van der Waals surface area contributed by atoms with Crippen molar-refractivity contribution in [3.05, 3.63) is 48.3 Å². The monoisotopic (exact) mass is 397 g/mol. The summed E-state index contributed by atoms with van der Waals surface area (Å²) in [5.41, 5.74) is 5.68. The van der Waals surface area contributed by atoms with Gasteiger partial charge in [-0.1, -0.05) is 12.1 Å². The van der Waals surface area contributed by atoms with Crippen molar-refractivity contribution < 1.29 is 19.1 Å². The molecule has 9 heteroatoms. The Morgan fingerprint density at radius 3 is 2.52 bits per heavy atom. The molecule has 29 heavy (non-hydrogen) atoms. The van der Waals surface area contributed by atoms with Crippen molar-refractivity contribution >= 4 is 22.8 Å². The average molecular weight is 397 g/mol. The maximum atomic E-state index is 12.3. The molecule has 0 spiro atoms. The van der Waals surface area contributed by atoms with E-state index in [0.29, 0.717) is 29.3 Å². The van der Waals surface area contributed by atoms with E-state index in [9.17, 15) is 9.59 Å². The van der Waals surface area contributed by atoms with Crippen molar-refractivity contribution in [1.29, 1.82) is 0 Å². The van der Waals surface area contributed by atoms with Crippen LogP contribution < -0.4 is 20.3 Å². The number of nitrogens with zero attached hydrogens (tertiary/aromatic N) is 3. The zero-order chi connectivity index (χ0) is 20.8. The fraction of sp³-hybridized carbons (Fsp3) is 0.300. The quantitative estimate of drug-likeness (QED) is 0.592. The second-order valence-corrected chi connectivity index (χ2v) is 6.49. The van der Waals surface area contributed by atoms with Gasteiger partial charge in [-0.05, 0) is 39.0 Å². The second kappa shape index (κ2) is 9.05. The molecule has 0 unspecified atom stereocenters. The molecular weight excluding hydrogens is 374 g/mol. The highest BCUT2D eigenvalue weighted by Crippen LogP contribution is 2.26. The molecule has 0 aliphatic heterocycles. The standard InChI is InChI=1S/C20H23N5O4/c1-4-28-16-7-5-6-8-17(16)29-12-18(26)23-24-20(27)15-9-14-11-22-25(13(2)3)19(14)21-10-15/h5-11,13H,4,12H2,1-3H3,(H,23,26)(H,24,27). The minimum Gasteiger partial charge on any atom is -0.490 e. The lowest BCUT2D eigenvalue weighted by Crippen LogP contribution is -2.43. The molecule has 0 saturated carbocycles. The van der Waals surface area contributed by atoms with E-state index in [-0.39, 0.29) is 12.6 Å². The molecule has 152 valence electrons. The number of rotatable bonds is 7. The number of para-hydroxylation sites is 2. The third kappa shape index (κ3) is 4.81. The van der Waals surface area contributed by atoms with Gasteiger partial charge in [0.25, 0.3) is 11.8 Å². The Morgan fingerprint density at radius 2 is 1.83 bits per heavy atom. The number of amides is 2. The molecule has 2 N–H and O–H groups in total. The molecule has 3 rings (SSSR count). The lowest BCUT2D eigenvalue weighted by Gasteiger charge is -2.12. The Hall–Kier alpha value is -3.62. The van der Waals surface area contributed by atoms with E-state index in [0.717, 1.165) is 5.39 Å². The van der Waals surface area contributed by atoms with Crippen molar-refractivity contribution in [2.45, 2.75) is 26.8 Å². The molecule has 0 atom stereocenters. The van der Waals surface area contributed by atoms with Gasteiger partial charge in [-0.25, -0.2) is 9.67 Å². The molecule has 0 radical (unpaired) electrons. The molecule has 2 aromatic heterocycles. The number of carbonyl (C=O) groups excluding carboxylic acids is 2. The van der Waals surface area contributed by atoms with E-state index in [1.54, 1.807) is 35.1 Å². The Balaban J connectivity index is 1.55. The predicted octanol–water partition coefficient (Wildman–Crippen LogP) is 2.25. The fourth-order valence-electron chi connectivity index (χ4n) is 2.66. The lowest BCUT2D eigenvalue weighted by atomic mass is 10.2. The van der Waals surface area contributed by atoms with Crippen LogP contribution >= 0.6 is 0 Å². The van der Waals surface area contributed by atoms with Crippen LogP contribution in [-0.2, 0) is 4.79 Å². The smallest absolute Gasteiger partial charge is 0.276 e. The Labute approximate surface area is 168 Å². The first-order valence-corrected chi connectivity index (χ1v) is 9.26. The Morgan fingerprint density at radius 1 is 1.10 bits per heavy atom. The number of pyridine rings is 1. The zero-order valence-corrected chi connectivity index (χ0v) is 16.5. The van der Waals surface area contributed by atoms with E-state index in [1.807, 2.05) is 26.8 Å². The Kier molecular flexibility index (Phi) is 6.28. The van der Waals surface area contributed by atoms with Crippen molar-refractivity contribution in [1.82, 2.24) is 25.6 Å². The van der Waals surface area contributed by atoms with E-state index in [1.165, 1.54) is 6.20 Å². The number of benzene rings is 1. The number of aromatic nitrogens is 3. The molecule has 0 bridgehead atoms. The van der Waals surface area contributed by atoms with Gasteiger partial charge in [0.1, 0.15) is 0 Å². The number of hydrogen-bond acceptors (Lipinski definition) is 6. The highest BCUT2D eigenvalue weighted by atomic mass is 16.5. The summed E-state index contributed by atoms with van der Waals surface area (Å²) in [6.07, 6.45) is 3.10. The van der Waals surface area contributed by atoms with E-state index < -0.39 is 11.8 Å². The summed E-state index contributed by atoms with van der Waals surface area (Å²) < 4.78 is 12.7. The second-order valence-electron chi connectivity index (χ2n) is 6.49. The third-order valence-electron chi connectivity index (χ3n) is 4.01. The summed E-state index contributed by atoms with van der Waals surface area (Å²) in [7, 11) is 0. The predicted molar refractivity (Wildman–Crippen MR) is 107 cm³/mol. The number of fused-ring (bicyclic) bond motifs is 1. The van der Waals surface area contributed by atoms with Crippen molar-refractivity contribution in [2.75, 3.05) is 13.2 Å². The van der Waals surface area contributed by atoms with Crippen LogP contribution in [0, 0.1) is 0 Å². The summed E-state index contributed by atoms with van der Waals surface area (Å²) in [5.74, 6) is 0.00637. The molecule has 1 aromatic carbocycles. The van der Waals surface area contributed by atoms with E-state index >= 15 is 0 Å². The third-order valence-corrected chi connectivity index (χ3v) is 4.01. The average Bonchev–Trinajstić information content (AvgIpc) is 3.15. The van der Waals surface area contributed by atoms with Crippen LogP contribution in [0.2, 0.25) is 0 Å². The molecular formula is C20H23N5O4. The minimum absolute atomic E-state index is 0.159. The van der Waals surface area contributed by atoms with Gasteiger partial charge in [0, 0.05) is 17.6 Å². The Bertz CT molecular complexity index is 1020. The van der Waals surface area contributed by atoms with Crippen molar-refractivity contribution in [2.24, 2.45) is 0 Å². The number of ether oxygens (including phenoxy) is 2. The first-order chi connectivity index (χ1) is 14.0. The molecule has 0 fully saturated rings. The van der Waals surface area contributed by atoms with Crippen LogP contribution in [-0.4, -0.2) is 39.8 Å². The SMILES string of the molecule is CCOc1ccccc1OCC(=O)NNC(=O)c1cnc2c(cnn2C(C)C)c1. The van der Waals surface area contributed by atoms with Gasteiger partial charge < -0.3 is 9.47 Å². The zero-order valence-electron chi connectivity index (χ0n) is 16.5. The number of hydrazine groups is 1. The molecule has 9 nitrogen and oxygen atoms in total. The van der Waals surface area contributed by atoms with E-state index in [2.05, 4.69) is 20.9 Å². The maximum Gasteiger partial charge on any atom is 0.276 e. The molecule has 0 aliphatic rings. The summed E-state index contributed by atoms with van der Waals surface area (Å²) in [6.45, 7) is 6.07. The first kappa shape index (κ1) is 20.1. The summed E-state index contributed by atoms with van der Waals surface area (Å²) in [6, 6.07) is 8.88. The molecule has 3 aromatic rings. The summed E-state index contributed by atoms with van der Waals surface area (Å²) in [4.78, 5) is 28.6. The lowest BCUT2D eigenvalue weighted by molar-refractivity contribution is -0.123. The van der Waals surface area contributed by atoms with Crippen LogP contribution in [0.4, 0.5) is 0 Å². The van der Waals surface area contributed by atoms with E-state index in [4.69, 9.17) is 9.47 Å². The van der Waals surface area contributed by atoms with Gasteiger partial charge in [-0.15, -0.1) is 0 Å². The van der Waals surface area contributed by atoms with Gasteiger partial charge in [0.15, 0.2) is 23.8 Å². The highest BCUT2D eigenvalue weighted by Gasteiger charge is 2.13. The van der Waals surface area contributed by atoms with Gasteiger partial charge >= 0.3 is 0 Å². The van der Waals surface area contributed by atoms with Gasteiger partial charge in [0.05, 0.1) is 18.4 Å². The van der Waals surface area contributed by atoms with Crippen LogP contribution in [0.5, 0.6) is 11.5 Å². The molecule has 0 saturated heterocycles. The topological polar surface area (TPSA) is 107 Å². The van der Waals surface area contributed by atoms with Gasteiger partial charge in [0.2, 0.25) is 0 Å². The van der Waals surface area contributed by atoms with Crippen molar-refractivity contribution in [3.8, 4) is 11.5 Å². The van der Waals surface area contributed by atoms with Crippen LogP contribution in [0.15, 0.2) is 42.7 Å². The fourth-order valence-corrected chi connectivity index (χ4v) is 2.66. The maximum absolute atomic E-state index is 12.3. The first-order valence-electron chi connectivity index (χ1n) is 9.26. The number of carbonyl (C=O) groups is 2. The summed E-state index contributed by atoms with van der Waals surface area (Å²) >= 11 is 0. The highest BCUT2D eigenvalue weighted by molar-refractivity contribution is 5.97. The molecule has 0 aliphatic carbocycles. The number of hydrogen-bond donors (Lipinski definition) is 2. The van der Waals surface area contributed by atoms with Crippen LogP contribution in [0.25, 0.3) is 11.0 Å². The molecule has 2 heterocycles. The van der Waals surface area contributed by atoms with Crippen molar-refractivity contribution in [3.63, 3.8) is 0 Å². The van der Waals surface area contributed by atoms with Gasteiger partial charge in [-0.2, -0.15) is 5.10 Å². The normalized spacial score (nSPS) is 10.8. The van der Waals surface area contributed by atoms with Crippen LogP contribution in [0.3, 0.4) is 0 Å². The van der Waals surface area contributed by atoms with Crippen LogP contribution in [0.1, 0.15) is 37.2 Å².